The molecule has 146 valence electrons. The highest BCUT2D eigenvalue weighted by Gasteiger charge is 2.17. The molecule has 1 aromatic heterocycles. The second kappa shape index (κ2) is 7.24. The molecule has 2 aromatic carbocycles. The summed E-state index contributed by atoms with van der Waals surface area (Å²) in [5.74, 6) is -0.378. The van der Waals surface area contributed by atoms with Gasteiger partial charge in [-0.1, -0.05) is 19.9 Å². The number of benzene rings is 2. The number of fused-ring (bicyclic) bond motifs is 1. The molecule has 0 amide bonds. The van der Waals surface area contributed by atoms with E-state index in [4.69, 9.17) is 9.15 Å². The second-order valence-electron chi connectivity index (χ2n) is 6.98. The number of sulfone groups is 1. The molecule has 0 fully saturated rings. The van der Waals surface area contributed by atoms with E-state index in [1.807, 2.05) is 13.8 Å². The summed E-state index contributed by atoms with van der Waals surface area (Å²) in [4.78, 5) is 24.3. The van der Waals surface area contributed by atoms with E-state index in [0.717, 1.165) is 17.2 Å². The van der Waals surface area contributed by atoms with Crippen molar-refractivity contribution in [2.45, 2.75) is 31.6 Å². The third-order valence-electron chi connectivity index (χ3n) is 4.40. The van der Waals surface area contributed by atoms with Gasteiger partial charge in [-0.05, 0) is 48.2 Å². The van der Waals surface area contributed by atoms with Crippen molar-refractivity contribution >= 4 is 26.8 Å². The summed E-state index contributed by atoms with van der Waals surface area (Å²) in [6, 6.07) is 10.6. The number of hydrogen-bond acceptors (Lipinski definition) is 6. The van der Waals surface area contributed by atoms with E-state index >= 15 is 0 Å². The standard InChI is InChI=1S/C21H20O6S/c1-12(2)17-11-20(22)27-18-10-15(7-8-16(17)18)26-21(23)14-6-5-13(3)19(9-14)28(4,24)25/h5-12H,1-4H3. The average molecular weight is 400 g/mol. The van der Waals surface area contributed by atoms with E-state index in [-0.39, 0.29) is 22.1 Å². The summed E-state index contributed by atoms with van der Waals surface area (Å²) in [5.41, 5.74) is 1.36. The fourth-order valence-corrected chi connectivity index (χ4v) is 4.00. The van der Waals surface area contributed by atoms with Gasteiger partial charge in [0.15, 0.2) is 9.84 Å². The predicted octanol–water partition coefficient (Wildman–Crippen LogP) is 3.85. The Balaban J connectivity index is 1.97. The maximum absolute atomic E-state index is 12.5. The van der Waals surface area contributed by atoms with Gasteiger partial charge in [-0.15, -0.1) is 0 Å². The average Bonchev–Trinajstić information content (AvgIpc) is 2.59. The third-order valence-corrected chi connectivity index (χ3v) is 5.64. The topological polar surface area (TPSA) is 90.7 Å². The molecule has 0 aliphatic rings. The number of hydrogen-bond donors (Lipinski definition) is 0. The van der Waals surface area contributed by atoms with Gasteiger partial charge in [0.05, 0.1) is 10.5 Å². The van der Waals surface area contributed by atoms with E-state index in [2.05, 4.69) is 0 Å². The Bertz CT molecular complexity index is 1240. The van der Waals surface area contributed by atoms with Crippen LogP contribution in [0.2, 0.25) is 0 Å². The highest BCUT2D eigenvalue weighted by Crippen LogP contribution is 2.27. The fraction of sp³-hybridized carbons (Fsp3) is 0.238. The molecule has 3 rings (SSSR count). The van der Waals surface area contributed by atoms with Gasteiger partial charge in [-0.2, -0.15) is 0 Å². The summed E-state index contributed by atoms with van der Waals surface area (Å²) >= 11 is 0. The number of carbonyl (C=O) groups excluding carboxylic acids is 1. The van der Waals surface area contributed by atoms with E-state index in [9.17, 15) is 18.0 Å². The number of aryl methyl sites for hydroxylation is 1. The number of carbonyl (C=O) groups is 1. The molecule has 0 saturated heterocycles. The lowest BCUT2D eigenvalue weighted by atomic mass is 10.00. The van der Waals surface area contributed by atoms with Crippen LogP contribution in [0.1, 0.15) is 41.3 Å². The number of rotatable bonds is 4. The van der Waals surface area contributed by atoms with Crippen LogP contribution in [0.3, 0.4) is 0 Å². The van der Waals surface area contributed by atoms with E-state index < -0.39 is 21.4 Å². The third kappa shape index (κ3) is 3.99. The van der Waals surface area contributed by atoms with E-state index in [0.29, 0.717) is 11.1 Å². The highest BCUT2D eigenvalue weighted by atomic mass is 32.2. The summed E-state index contributed by atoms with van der Waals surface area (Å²) in [7, 11) is -3.47. The fourth-order valence-electron chi connectivity index (χ4n) is 3.00. The lowest BCUT2D eigenvalue weighted by Crippen LogP contribution is -2.11. The zero-order valence-electron chi connectivity index (χ0n) is 16.0. The van der Waals surface area contributed by atoms with Crippen molar-refractivity contribution < 1.29 is 22.4 Å². The summed E-state index contributed by atoms with van der Waals surface area (Å²) in [6.45, 7) is 5.60. The van der Waals surface area contributed by atoms with Crippen LogP contribution in [0.5, 0.6) is 5.75 Å². The maximum Gasteiger partial charge on any atom is 0.343 e. The Kier molecular flexibility index (Phi) is 5.12. The number of ether oxygens (including phenoxy) is 1. The molecule has 0 unspecified atom stereocenters. The van der Waals surface area contributed by atoms with Crippen molar-refractivity contribution in [3.63, 3.8) is 0 Å². The Morgan fingerprint density at radius 1 is 1.07 bits per heavy atom. The van der Waals surface area contributed by atoms with Gasteiger partial charge in [0.2, 0.25) is 0 Å². The van der Waals surface area contributed by atoms with Crippen molar-refractivity contribution in [1.82, 2.24) is 0 Å². The molecule has 0 radical (unpaired) electrons. The van der Waals surface area contributed by atoms with Crippen LogP contribution in [0.4, 0.5) is 0 Å². The molecule has 0 N–H and O–H groups in total. The van der Waals surface area contributed by atoms with Crippen LogP contribution in [0.15, 0.2) is 56.6 Å². The van der Waals surface area contributed by atoms with Crippen LogP contribution in [0, 0.1) is 6.92 Å². The molecule has 6 nitrogen and oxygen atoms in total. The monoisotopic (exact) mass is 400 g/mol. The van der Waals surface area contributed by atoms with Crippen LogP contribution >= 0.6 is 0 Å². The molecule has 28 heavy (non-hydrogen) atoms. The predicted molar refractivity (Wildman–Crippen MR) is 106 cm³/mol. The molecule has 0 bridgehead atoms. The minimum Gasteiger partial charge on any atom is -0.423 e. The van der Waals surface area contributed by atoms with E-state index in [1.54, 1.807) is 25.1 Å². The zero-order valence-corrected chi connectivity index (χ0v) is 16.8. The normalized spacial score (nSPS) is 11.8. The Morgan fingerprint density at radius 2 is 1.79 bits per heavy atom. The molecular weight excluding hydrogens is 380 g/mol. The van der Waals surface area contributed by atoms with Crippen molar-refractivity contribution in [2.24, 2.45) is 0 Å². The van der Waals surface area contributed by atoms with Crippen LogP contribution < -0.4 is 10.4 Å². The molecule has 0 atom stereocenters. The molecule has 7 heteroatoms. The lowest BCUT2D eigenvalue weighted by Gasteiger charge is -2.10. The Hall–Kier alpha value is -2.93. The highest BCUT2D eigenvalue weighted by molar-refractivity contribution is 7.90. The van der Waals surface area contributed by atoms with Gasteiger partial charge >= 0.3 is 11.6 Å². The van der Waals surface area contributed by atoms with Crippen molar-refractivity contribution in [2.75, 3.05) is 6.26 Å². The van der Waals surface area contributed by atoms with Gasteiger partial charge in [0.25, 0.3) is 0 Å². The number of esters is 1. The molecule has 1 heterocycles. The molecule has 0 aliphatic heterocycles. The van der Waals surface area contributed by atoms with Crippen molar-refractivity contribution in [3.05, 3.63) is 69.6 Å². The van der Waals surface area contributed by atoms with Gasteiger partial charge in [0, 0.05) is 23.8 Å². The quantitative estimate of drug-likeness (QED) is 0.375. The van der Waals surface area contributed by atoms with E-state index in [1.165, 1.54) is 24.3 Å². The van der Waals surface area contributed by atoms with Crippen LogP contribution in [0.25, 0.3) is 11.0 Å². The summed E-state index contributed by atoms with van der Waals surface area (Å²) < 4.78 is 34.3. The van der Waals surface area contributed by atoms with Gasteiger partial charge in [-0.3, -0.25) is 0 Å². The van der Waals surface area contributed by atoms with Crippen LogP contribution in [-0.4, -0.2) is 20.6 Å². The van der Waals surface area contributed by atoms with Gasteiger partial charge < -0.3 is 9.15 Å². The van der Waals surface area contributed by atoms with Crippen molar-refractivity contribution in [3.8, 4) is 5.75 Å². The van der Waals surface area contributed by atoms with Crippen molar-refractivity contribution in [1.29, 1.82) is 0 Å². The largest absolute Gasteiger partial charge is 0.423 e. The Labute approximate surface area is 162 Å². The molecule has 0 saturated carbocycles. The van der Waals surface area contributed by atoms with Gasteiger partial charge in [-0.25, -0.2) is 18.0 Å². The van der Waals surface area contributed by atoms with Gasteiger partial charge in [0.1, 0.15) is 11.3 Å². The first-order valence-electron chi connectivity index (χ1n) is 8.67. The molecule has 0 spiro atoms. The first kappa shape index (κ1) is 19.8. The summed E-state index contributed by atoms with van der Waals surface area (Å²) in [5, 5.41) is 0.768. The molecular formula is C21H20O6S. The lowest BCUT2D eigenvalue weighted by molar-refractivity contribution is 0.0734. The smallest absolute Gasteiger partial charge is 0.343 e. The van der Waals surface area contributed by atoms with Crippen LogP contribution in [-0.2, 0) is 9.84 Å². The SMILES string of the molecule is Cc1ccc(C(=O)Oc2ccc3c(C(C)C)cc(=O)oc3c2)cc1S(C)(=O)=O. The zero-order chi connectivity index (χ0) is 20.6. The maximum atomic E-state index is 12.5. The minimum atomic E-state index is -3.47. The summed E-state index contributed by atoms with van der Waals surface area (Å²) in [6.07, 6.45) is 1.09. The Morgan fingerprint density at radius 3 is 2.43 bits per heavy atom. The molecule has 3 aromatic rings. The molecule has 0 aliphatic carbocycles. The minimum absolute atomic E-state index is 0.0769. The first-order valence-corrected chi connectivity index (χ1v) is 10.6. The second-order valence-corrected chi connectivity index (χ2v) is 8.96. The first-order chi connectivity index (χ1) is 13.1.